The van der Waals surface area contributed by atoms with E-state index in [-0.39, 0.29) is 43.0 Å². The van der Waals surface area contributed by atoms with Crippen LogP contribution in [0, 0.1) is 35.1 Å². The number of rotatable bonds is 6. The molecular weight excluding hydrogens is 556 g/mol. The molecule has 222 valence electrons. The Balaban J connectivity index is 1.36. The molecule has 2 fully saturated rings. The molecule has 1 aromatic heterocycles. The molecule has 2 saturated heterocycles. The summed E-state index contributed by atoms with van der Waals surface area (Å²) >= 11 is 0. The highest BCUT2D eigenvalue weighted by Crippen LogP contribution is 2.44. The van der Waals surface area contributed by atoms with E-state index in [1.165, 1.54) is 17.2 Å². The molecule has 3 heterocycles. The lowest BCUT2D eigenvalue weighted by Crippen LogP contribution is -2.66. The summed E-state index contributed by atoms with van der Waals surface area (Å²) in [5.41, 5.74) is 3.90. The van der Waals surface area contributed by atoms with Crippen LogP contribution >= 0.6 is 0 Å². The van der Waals surface area contributed by atoms with Crippen LogP contribution in [0.1, 0.15) is 16.1 Å². The van der Waals surface area contributed by atoms with E-state index < -0.39 is 58.2 Å². The third-order valence-electron chi connectivity index (χ3n) is 7.81. The first-order valence-electron chi connectivity index (χ1n) is 13.4. The summed E-state index contributed by atoms with van der Waals surface area (Å²) in [5.74, 6) is -5.09. The van der Waals surface area contributed by atoms with E-state index >= 15 is 0 Å². The lowest BCUT2D eigenvalue weighted by Gasteiger charge is -2.54. The molecule has 3 aromatic rings. The van der Waals surface area contributed by atoms with Gasteiger partial charge in [0, 0.05) is 80.2 Å². The summed E-state index contributed by atoms with van der Waals surface area (Å²) < 4.78 is 56.8. The average Bonchev–Trinajstić information content (AvgIpc) is 2.93. The minimum absolute atomic E-state index is 0.0224. The van der Waals surface area contributed by atoms with Gasteiger partial charge < -0.3 is 31.3 Å². The molecule has 2 bridgehead atoms. The van der Waals surface area contributed by atoms with E-state index in [1.807, 2.05) is 11.9 Å². The number of likely N-dealkylation sites (tertiary alicyclic amines) is 2. The maximum atomic E-state index is 14.9. The summed E-state index contributed by atoms with van der Waals surface area (Å²) in [5, 5.41) is 16.9. The molecule has 2 aliphatic heterocycles. The zero-order chi connectivity index (χ0) is 30.2. The SMILES string of the molecule is CN1C[C@@H]2CN(C(=O)Nc3cc(F)cc(F)c3)C[C@H](C1)[C@]2(O)c1ccc(-c2cc(F)c(C(=O)NCCN)cc2F)cn1. The van der Waals surface area contributed by atoms with E-state index in [4.69, 9.17) is 5.73 Å². The number of halogens is 4. The number of aromatic nitrogens is 1. The smallest absolute Gasteiger partial charge is 0.321 e. The number of amides is 3. The highest BCUT2D eigenvalue weighted by atomic mass is 19.1. The van der Waals surface area contributed by atoms with Crippen molar-refractivity contribution in [1.82, 2.24) is 20.1 Å². The van der Waals surface area contributed by atoms with Crippen LogP contribution in [0.15, 0.2) is 48.7 Å². The van der Waals surface area contributed by atoms with E-state index in [0.717, 1.165) is 24.3 Å². The Hall–Kier alpha value is -4.07. The predicted octanol–water partition coefficient (Wildman–Crippen LogP) is 2.91. The van der Waals surface area contributed by atoms with Crippen LogP contribution in [-0.4, -0.2) is 78.1 Å². The van der Waals surface area contributed by atoms with Gasteiger partial charge in [-0.2, -0.15) is 0 Å². The molecule has 3 atom stereocenters. The number of nitrogens with one attached hydrogen (secondary N) is 2. The van der Waals surface area contributed by atoms with Gasteiger partial charge in [-0.05, 0) is 37.4 Å². The number of pyridine rings is 1. The number of nitrogens with zero attached hydrogens (tertiary/aromatic N) is 3. The van der Waals surface area contributed by atoms with Crippen LogP contribution in [0.25, 0.3) is 11.1 Å². The van der Waals surface area contributed by atoms with Crippen molar-refractivity contribution in [3.05, 3.63) is 83.2 Å². The number of carbonyl (C=O) groups excluding carboxylic acids is 2. The van der Waals surface area contributed by atoms with E-state index in [1.54, 1.807) is 6.07 Å². The lowest BCUT2D eigenvalue weighted by atomic mass is 9.68. The standard InChI is InChI=1S/C29H30F4N6O3/c1-38-12-17-14-39(28(41)37-21-7-19(30)6-20(31)8-21)15-18(13-38)29(17,42)26-3-2-16(11-36-26)22-9-25(33)23(10-24(22)32)27(40)35-5-4-34/h2-3,6-11,17-18,42H,4-5,12-15,34H2,1H3,(H,35,40)(H,37,41)/t17-,18+,29+. The molecule has 5 rings (SSSR count). The topological polar surface area (TPSA) is 124 Å². The summed E-state index contributed by atoms with van der Waals surface area (Å²) in [6.07, 6.45) is 1.33. The highest BCUT2D eigenvalue weighted by molar-refractivity contribution is 5.95. The molecule has 2 aliphatic rings. The molecule has 0 saturated carbocycles. The van der Waals surface area contributed by atoms with Gasteiger partial charge in [0.25, 0.3) is 5.91 Å². The third-order valence-corrected chi connectivity index (χ3v) is 7.81. The van der Waals surface area contributed by atoms with Crippen LogP contribution in [0.3, 0.4) is 0 Å². The molecule has 0 unspecified atom stereocenters. The molecule has 0 spiro atoms. The summed E-state index contributed by atoms with van der Waals surface area (Å²) in [6.45, 7) is 1.40. The molecule has 9 nitrogen and oxygen atoms in total. The Kier molecular flexibility index (Phi) is 8.17. The molecule has 3 amide bonds. The molecule has 0 aliphatic carbocycles. The van der Waals surface area contributed by atoms with Gasteiger partial charge in [0.1, 0.15) is 28.9 Å². The quantitative estimate of drug-likeness (QED) is 0.330. The summed E-state index contributed by atoms with van der Waals surface area (Å²) in [6, 6.07) is 6.98. The molecule has 5 N–H and O–H groups in total. The summed E-state index contributed by atoms with van der Waals surface area (Å²) in [7, 11) is 1.90. The number of carbonyl (C=O) groups is 2. The predicted molar refractivity (Wildman–Crippen MR) is 146 cm³/mol. The molecule has 42 heavy (non-hydrogen) atoms. The maximum absolute atomic E-state index is 14.9. The van der Waals surface area contributed by atoms with Crippen molar-refractivity contribution >= 4 is 17.6 Å². The highest BCUT2D eigenvalue weighted by Gasteiger charge is 2.54. The first-order valence-corrected chi connectivity index (χ1v) is 13.4. The Labute approximate surface area is 239 Å². The lowest BCUT2D eigenvalue weighted by molar-refractivity contribution is -0.155. The van der Waals surface area contributed by atoms with E-state index in [9.17, 15) is 32.3 Å². The number of aliphatic hydroxyl groups is 1. The minimum Gasteiger partial charge on any atom is -0.383 e. The Morgan fingerprint density at radius 1 is 1.00 bits per heavy atom. The van der Waals surface area contributed by atoms with Gasteiger partial charge in [0.2, 0.25) is 0 Å². The number of piperidine rings is 2. The van der Waals surface area contributed by atoms with Crippen molar-refractivity contribution in [3.63, 3.8) is 0 Å². The van der Waals surface area contributed by atoms with Gasteiger partial charge in [-0.1, -0.05) is 6.07 Å². The number of anilines is 1. The first kappa shape index (κ1) is 29.4. The van der Waals surface area contributed by atoms with Crippen molar-refractivity contribution < 1.29 is 32.3 Å². The Bertz CT molecular complexity index is 1470. The zero-order valence-electron chi connectivity index (χ0n) is 22.7. The average molecular weight is 587 g/mol. The summed E-state index contributed by atoms with van der Waals surface area (Å²) in [4.78, 5) is 33.1. The van der Waals surface area contributed by atoms with Gasteiger partial charge >= 0.3 is 6.03 Å². The van der Waals surface area contributed by atoms with E-state index in [2.05, 4.69) is 15.6 Å². The zero-order valence-corrected chi connectivity index (χ0v) is 22.7. The van der Waals surface area contributed by atoms with Crippen molar-refractivity contribution in [2.75, 3.05) is 51.6 Å². The monoisotopic (exact) mass is 586 g/mol. The number of fused-ring (bicyclic) bond motifs is 2. The fourth-order valence-corrected chi connectivity index (χ4v) is 5.86. The number of benzene rings is 2. The molecule has 2 aromatic carbocycles. The van der Waals surface area contributed by atoms with Crippen molar-refractivity contribution in [3.8, 4) is 11.1 Å². The maximum Gasteiger partial charge on any atom is 0.321 e. The fraction of sp³-hybridized carbons (Fsp3) is 0.345. The van der Waals surface area contributed by atoms with Gasteiger partial charge in [-0.25, -0.2) is 22.4 Å². The van der Waals surface area contributed by atoms with Crippen LogP contribution in [0.2, 0.25) is 0 Å². The van der Waals surface area contributed by atoms with Crippen LogP contribution < -0.4 is 16.4 Å². The number of hydrogen-bond donors (Lipinski definition) is 4. The second kappa shape index (κ2) is 11.7. The Morgan fingerprint density at radius 2 is 1.67 bits per heavy atom. The van der Waals surface area contributed by atoms with Gasteiger partial charge in [0.15, 0.2) is 0 Å². The number of hydrogen-bond acceptors (Lipinski definition) is 6. The largest absolute Gasteiger partial charge is 0.383 e. The van der Waals surface area contributed by atoms with Gasteiger partial charge in [-0.15, -0.1) is 0 Å². The van der Waals surface area contributed by atoms with Gasteiger partial charge in [0.05, 0.1) is 11.3 Å². The minimum atomic E-state index is -1.43. The van der Waals surface area contributed by atoms with Crippen LogP contribution in [0.5, 0.6) is 0 Å². The fourth-order valence-electron chi connectivity index (χ4n) is 5.86. The number of nitrogens with two attached hydrogens (primary N) is 1. The van der Waals surface area contributed by atoms with Crippen molar-refractivity contribution in [1.29, 1.82) is 0 Å². The molecule has 0 radical (unpaired) electrons. The van der Waals surface area contributed by atoms with Crippen LogP contribution in [0.4, 0.5) is 28.0 Å². The van der Waals surface area contributed by atoms with Crippen molar-refractivity contribution in [2.45, 2.75) is 5.60 Å². The number of urea groups is 1. The molecule has 13 heteroatoms. The van der Waals surface area contributed by atoms with Crippen molar-refractivity contribution in [2.24, 2.45) is 17.6 Å². The Morgan fingerprint density at radius 3 is 2.26 bits per heavy atom. The van der Waals surface area contributed by atoms with Gasteiger partial charge in [-0.3, -0.25) is 9.78 Å². The van der Waals surface area contributed by atoms with Crippen LogP contribution in [-0.2, 0) is 5.60 Å². The second-order valence-corrected chi connectivity index (χ2v) is 10.7. The normalized spacial score (nSPS) is 22.1. The molecular formula is C29H30F4N6O3. The second-order valence-electron chi connectivity index (χ2n) is 10.7. The first-order chi connectivity index (χ1) is 20.0. The third kappa shape index (κ3) is 5.67. The van der Waals surface area contributed by atoms with E-state index in [0.29, 0.717) is 24.8 Å².